The molecule has 15 heavy (non-hydrogen) atoms. The second-order valence-electron chi connectivity index (χ2n) is 3.74. The molecule has 0 bridgehead atoms. The minimum Gasteiger partial charge on any atom is -0.493 e. The molecule has 0 radical (unpaired) electrons. The molecule has 2 aromatic rings. The average Bonchev–Trinajstić information content (AvgIpc) is 2.45. The molecule has 2 aromatic heterocycles. The van der Waals surface area contributed by atoms with Crippen LogP contribution in [0.3, 0.4) is 0 Å². The maximum absolute atomic E-state index is 11.4. The zero-order valence-corrected chi connectivity index (χ0v) is 9.28. The first-order valence-corrected chi connectivity index (χ1v) is 5.46. The summed E-state index contributed by atoms with van der Waals surface area (Å²) in [5.74, 6) is 0.231. The van der Waals surface area contributed by atoms with Crippen molar-refractivity contribution in [3.05, 3.63) is 21.4 Å². The molecule has 0 aliphatic heterocycles. The molecule has 0 amide bonds. The van der Waals surface area contributed by atoms with Crippen LogP contribution < -0.4 is 5.56 Å². The van der Waals surface area contributed by atoms with Crippen molar-refractivity contribution >= 4 is 16.3 Å². The SMILES string of the molecule is CC(C)Cc1nn2c(=O)cc(O)nc2s1. The smallest absolute Gasteiger partial charge is 0.278 e. The zero-order valence-electron chi connectivity index (χ0n) is 8.47. The van der Waals surface area contributed by atoms with Crippen LogP contribution in [-0.4, -0.2) is 19.7 Å². The summed E-state index contributed by atoms with van der Waals surface area (Å²) in [7, 11) is 0. The van der Waals surface area contributed by atoms with Gasteiger partial charge in [0.15, 0.2) is 0 Å². The van der Waals surface area contributed by atoms with Gasteiger partial charge in [0.25, 0.3) is 5.56 Å². The van der Waals surface area contributed by atoms with E-state index in [2.05, 4.69) is 23.9 Å². The van der Waals surface area contributed by atoms with E-state index in [0.717, 1.165) is 17.5 Å². The Kier molecular flexibility index (Phi) is 2.44. The molecule has 0 aliphatic rings. The van der Waals surface area contributed by atoms with Crippen molar-refractivity contribution in [2.24, 2.45) is 5.92 Å². The van der Waals surface area contributed by atoms with E-state index in [1.807, 2.05) is 0 Å². The van der Waals surface area contributed by atoms with Gasteiger partial charge in [-0.05, 0) is 5.92 Å². The third kappa shape index (κ3) is 1.99. The fourth-order valence-corrected chi connectivity index (χ4v) is 2.38. The van der Waals surface area contributed by atoms with Crippen LogP contribution in [0, 0.1) is 5.92 Å². The largest absolute Gasteiger partial charge is 0.493 e. The Morgan fingerprint density at radius 3 is 3.00 bits per heavy atom. The normalized spacial score (nSPS) is 11.4. The maximum Gasteiger partial charge on any atom is 0.278 e. The van der Waals surface area contributed by atoms with Gasteiger partial charge in [-0.15, -0.1) is 0 Å². The molecule has 2 heterocycles. The van der Waals surface area contributed by atoms with E-state index >= 15 is 0 Å². The molecular formula is C9H11N3O2S. The number of hydrogen-bond donors (Lipinski definition) is 1. The molecular weight excluding hydrogens is 214 g/mol. The highest BCUT2D eigenvalue weighted by atomic mass is 32.1. The van der Waals surface area contributed by atoms with Crippen LogP contribution in [-0.2, 0) is 6.42 Å². The van der Waals surface area contributed by atoms with Gasteiger partial charge in [0.2, 0.25) is 10.8 Å². The van der Waals surface area contributed by atoms with E-state index in [1.54, 1.807) is 0 Å². The van der Waals surface area contributed by atoms with E-state index in [0.29, 0.717) is 10.9 Å². The third-order valence-electron chi connectivity index (χ3n) is 1.86. The molecule has 0 saturated heterocycles. The molecule has 0 aromatic carbocycles. The number of aromatic hydroxyl groups is 1. The summed E-state index contributed by atoms with van der Waals surface area (Å²) >= 11 is 1.33. The summed E-state index contributed by atoms with van der Waals surface area (Å²) in [5.41, 5.74) is -0.344. The van der Waals surface area contributed by atoms with Crippen molar-refractivity contribution in [3.8, 4) is 5.88 Å². The Hall–Kier alpha value is -1.43. The third-order valence-corrected chi connectivity index (χ3v) is 2.79. The van der Waals surface area contributed by atoms with E-state index < -0.39 is 0 Å². The highest BCUT2D eigenvalue weighted by molar-refractivity contribution is 7.16. The van der Waals surface area contributed by atoms with Gasteiger partial charge in [-0.25, -0.2) is 0 Å². The summed E-state index contributed by atoms with van der Waals surface area (Å²) in [6, 6.07) is 1.06. The van der Waals surface area contributed by atoms with Crippen LogP contribution in [0.15, 0.2) is 10.9 Å². The van der Waals surface area contributed by atoms with Crippen LogP contribution >= 0.6 is 11.3 Å². The number of rotatable bonds is 2. The number of fused-ring (bicyclic) bond motifs is 1. The first kappa shape index (κ1) is 10.1. The van der Waals surface area contributed by atoms with Crippen molar-refractivity contribution in [1.29, 1.82) is 0 Å². The van der Waals surface area contributed by atoms with Gasteiger partial charge in [0.05, 0.1) is 6.07 Å². The van der Waals surface area contributed by atoms with Gasteiger partial charge in [-0.2, -0.15) is 14.6 Å². The zero-order chi connectivity index (χ0) is 11.0. The van der Waals surface area contributed by atoms with Crippen molar-refractivity contribution in [2.45, 2.75) is 20.3 Å². The van der Waals surface area contributed by atoms with Crippen LogP contribution in [0.25, 0.3) is 4.96 Å². The summed E-state index contributed by atoms with van der Waals surface area (Å²) in [5, 5.41) is 14.2. The lowest BCUT2D eigenvalue weighted by molar-refractivity contribution is 0.452. The second kappa shape index (κ2) is 3.62. The van der Waals surface area contributed by atoms with Crippen molar-refractivity contribution in [2.75, 3.05) is 0 Å². The van der Waals surface area contributed by atoms with Gasteiger partial charge < -0.3 is 5.11 Å². The molecule has 0 aliphatic carbocycles. The Labute approximate surface area is 90.0 Å². The summed E-state index contributed by atoms with van der Waals surface area (Å²) in [6.45, 7) is 4.17. The number of nitrogens with zero attached hydrogens (tertiary/aromatic N) is 3. The maximum atomic E-state index is 11.4. The molecule has 6 heteroatoms. The summed E-state index contributed by atoms with van der Waals surface area (Å²) in [4.78, 5) is 15.7. The van der Waals surface area contributed by atoms with Gasteiger partial charge in [-0.1, -0.05) is 25.2 Å². The summed E-state index contributed by atoms with van der Waals surface area (Å²) in [6.07, 6.45) is 0.814. The molecule has 80 valence electrons. The predicted octanol–water partition coefficient (Wildman–Crippen LogP) is 1.06. The first-order valence-electron chi connectivity index (χ1n) is 4.65. The molecule has 0 unspecified atom stereocenters. The summed E-state index contributed by atoms with van der Waals surface area (Å²) < 4.78 is 1.22. The molecule has 0 spiro atoms. The predicted molar refractivity (Wildman–Crippen MR) is 57.3 cm³/mol. The number of hydrogen-bond acceptors (Lipinski definition) is 5. The van der Waals surface area contributed by atoms with E-state index in [9.17, 15) is 4.79 Å². The van der Waals surface area contributed by atoms with Gasteiger partial charge in [0, 0.05) is 6.42 Å². The van der Waals surface area contributed by atoms with Crippen LogP contribution in [0.4, 0.5) is 0 Å². The second-order valence-corrected chi connectivity index (χ2v) is 4.78. The molecule has 1 N–H and O–H groups in total. The lowest BCUT2D eigenvalue weighted by Gasteiger charge is -1.96. The Morgan fingerprint density at radius 1 is 1.60 bits per heavy atom. The topological polar surface area (TPSA) is 67.5 Å². The fourth-order valence-electron chi connectivity index (χ4n) is 1.27. The molecule has 5 nitrogen and oxygen atoms in total. The molecule has 0 atom stereocenters. The quantitative estimate of drug-likeness (QED) is 0.829. The highest BCUT2D eigenvalue weighted by Gasteiger charge is 2.09. The van der Waals surface area contributed by atoms with Crippen LogP contribution in [0.1, 0.15) is 18.9 Å². The van der Waals surface area contributed by atoms with Gasteiger partial charge in [0.1, 0.15) is 5.01 Å². The van der Waals surface area contributed by atoms with Crippen molar-refractivity contribution < 1.29 is 5.11 Å². The Bertz CT molecular complexity index is 544. The van der Waals surface area contributed by atoms with Crippen LogP contribution in [0.2, 0.25) is 0 Å². The van der Waals surface area contributed by atoms with Crippen molar-refractivity contribution in [3.63, 3.8) is 0 Å². The number of aromatic nitrogens is 3. The fraction of sp³-hybridized carbons (Fsp3) is 0.444. The standard InChI is InChI=1S/C9H11N3O2S/c1-5(2)3-7-11-12-8(14)4-6(13)10-9(12)15-7/h4-5,13H,3H2,1-2H3. The Morgan fingerprint density at radius 2 is 2.33 bits per heavy atom. The monoisotopic (exact) mass is 225 g/mol. The lowest BCUT2D eigenvalue weighted by Crippen LogP contribution is -2.13. The van der Waals surface area contributed by atoms with Crippen LogP contribution in [0.5, 0.6) is 5.88 Å². The minimum atomic E-state index is -0.344. The van der Waals surface area contributed by atoms with Gasteiger partial charge in [-0.3, -0.25) is 4.79 Å². The Balaban J connectivity index is 2.55. The molecule has 0 fully saturated rings. The first-order chi connectivity index (χ1) is 7.06. The van der Waals surface area contributed by atoms with Crippen molar-refractivity contribution in [1.82, 2.24) is 14.6 Å². The highest BCUT2D eigenvalue weighted by Crippen LogP contribution is 2.16. The van der Waals surface area contributed by atoms with E-state index in [-0.39, 0.29) is 11.4 Å². The van der Waals surface area contributed by atoms with E-state index in [1.165, 1.54) is 15.9 Å². The lowest BCUT2D eigenvalue weighted by atomic mass is 10.1. The minimum absolute atomic E-state index is 0.250. The molecule has 0 saturated carbocycles. The van der Waals surface area contributed by atoms with E-state index in [4.69, 9.17) is 5.11 Å². The average molecular weight is 225 g/mol. The molecule has 2 rings (SSSR count). The van der Waals surface area contributed by atoms with Gasteiger partial charge >= 0.3 is 0 Å².